The monoisotopic (exact) mass is 325 g/mol. The summed E-state index contributed by atoms with van der Waals surface area (Å²) in [6.45, 7) is 5.21. The lowest BCUT2D eigenvalue weighted by Crippen LogP contribution is -2.00. The molecule has 1 N–H and O–H groups in total. The van der Waals surface area contributed by atoms with E-state index < -0.39 is 0 Å². The van der Waals surface area contributed by atoms with E-state index >= 15 is 0 Å². The Labute approximate surface area is 150 Å². The van der Waals surface area contributed by atoms with Gasteiger partial charge in [-0.3, -0.25) is 0 Å². The minimum absolute atomic E-state index is 0.838. The van der Waals surface area contributed by atoms with Crippen molar-refractivity contribution in [3.63, 3.8) is 0 Å². The molecular formula is C24H23N. The van der Waals surface area contributed by atoms with E-state index in [1.807, 2.05) is 0 Å². The minimum Gasteiger partial charge on any atom is -0.381 e. The van der Waals surface area contributed by atoms with Gasteiger partial charge in [0.1, 0.15) is 0 Å². The molecule has 0 aliphatic heterocycles. The van der Waals surface area contributed by atoms with Crippen molar-refractivity contribution >= 4 is 11.8 Å². The SMILES string of the molecule is Cc1cccc(C)c1-c1cccc(CNc2ccc3c(c2)CC=C3)c1. The van der Waals surface area contributed by atoms with Gasteiger partial charge >= 0.3 is 0 Å². The van der Waals surface area contributed by atoms with Gasteiger partial charge in [0.15, 0.2) is 0 Å². The minimum atomic E-state index is 0.838. The highest BCUT2D eigenvalue weighted by atomic mass is 14.9. The maximum atomic E-state index is 3.57. The van der Waals surface area contributed by atoms with Gasteiger partial charge in [-0.15, -0.1) is 0 Å². The van der Waals surface area contributed by atoms with Crippen LogP contribution < -0.4 is 5.32 Å². The molecule has 25 heavy (non-hydrogen) atoms. The third-order valence-electron chi connectivity index (χ3n) is 4.97. The Morgan fingerprint density at radius 3 is 2.52 bits per heavy atom. The topological polar surface area (TPSA) is 12.0 Å². The van der Waals surface area contributed by atoms with Crippen LogP contribution in [0, 0.1) is 13.8 Å². The standard InChI is InChI=1S/C24H23N/c1-17-6-3-7-18(2)24(17)22-11-4-8-19(14-22)16-25-23-13-12-20-9-5-10-21(20)15-23/h3-9,11-15,25H,10,16H2,1-2H3. The zero-order valence-electron chi connectivity index (χ0n) is 14.8. The van der Waals surface area contributed by atoms with Crippen molar-refractivity contribution in [2.24, 2.45) is 0 Å². The first-order valence-electron chi connectivity index (χ1n) is 8.89. The van der Waals surface area contributed by atoms with Crippen molar-refractivity contribution in [1.82, 2.24) is 0 Å². The maximum Gasteiger partial charge on any atom is 0.0401 e. The predicted octanol–water partition coefficient (Wildman–Crippen LogP) is 6.15. The van der Waals surface area contributed by atoms with Gasteiger partial charge in [0.05, 0.1) is 0 Å². The van der Waals surface area contributed by atoms with Crippen molar-refractivity contribution in [3.05, 3.63) is 94.6 Å². The Kier molecular flexibility index (Phi) is 4.15. The fraction of sp³-hybridized carbons (Fsp3) is 0.167. The van der Waals surface area contributed by atoms with Gasteiger partial charge in [-0.25, -0.2) is 0 Å². The van der Waals surface area contributed by atoms with E-state index in [1.54, 1.807) is 0 Å². The van der Waals surface area contributed by atoms with Crippen LogP contribution in [-0.2, 0) is 13.0 Å². The number of fused-ring (bicyclic) bond motifs is 1. The summed E-state index contributed by atoms with van der Waals surface area (Å²) < 4.78 is 0. The first-order chi connectivity index (χ1) is 12.2. The Morgan fingerprint density at radius 2 is 1.68 bits per heavy atom. The second kappa shape index (κ2) is 6.60. The second-order valence-electron chi connectivity index (χ2n) is 6.84. The van der Waals surface area contributed by atoms with Gasteiger partial charge in [0, 0.05) is 12.2 Å². The Morgan fingerprint density at radius 1 is 0.880 bits per heavy atom. The zero-order chi connectivity index (χ0) is 17.2. The lowest BCUT2D eigenvalue weighted by molar-refractivity contribution is 1.14. The largest absolute Gasteiger partial charge is 0.381 e. The highest BCUT2D eigenvalue weighted by Crippen LogP contribution is 2.28. The molecule has 1 aliphatic rings. The van der Waals surface area contributed by atoms with E-state index in [0.29, 0.717) is 0 Å². The molecule has 0 bridgehead atoms. The maximum absolute atomic E-state index is 3.57. The summed E-state index contributed by atoms with van der Waals surface area (Å²) in [5.41, 5.74) is 10.6. The molecule has 1 heteroatoms. The summed E-state index contributed by atoms with van der Waals surface area (Å²) in [5, 5.41) is 3.57. The summed E-state index contributed by atoms with van der Waals surface area (Å²) >= 11 is 0. The van der Waals surface area contributed by atoms with Gasteiger partial charge in [0.2, 0.25) is 0 Å². The molecule has 124 valence electrons. The molecule has 3 aromatic rings. The fourth-order valence-electron chi connectivity index (χ4n) is 3.68. The Hall–Kier alpha value is -2.80. The van der Waals surface area contributed by atoms with E-state index in [4.69, 9.17) is 0 Å². The molecule has 0 saturated carbocycles. The van der Waals surface area contributed by atoms with E-state index in [-0.39, 0.29) is 0 Å². The van der Waals surface area contributed by atoms with Crippen molar-refractivity contribution < 1.29 is 0 Å². The van der Waals surface area contributed by atoms with Gasteiger partial charge in [-0.1, -0.05) is 54.6 Å². The number of nitrogens with one attached hydrogen (secondary N) is 1. The van der Waals surface area contributed by atoms with Crippen molar-refractivity contribution in [2.45, 2.75) is 26.8 Å². The molecule has 0 fully saturated rings. The second-order valence-corrected chi connectivity index (χ2v) is 6.84. The van der Waals surface area contributed by atoms with Crippen LogP contribution in [0.1, 0.15) is 27.8 Å². The normalized spacial score (nSPS) is 12.2. The first-order valence-corrected chi connectivity index (χ1v) is 8.89. The number of benzene rings is 3. The van der Waals surface area contributed by atoms with Crippen LogP contribution in [0.4, 0.5) is 5.69 Å². The summed E-state index contributed by atoms with van der Waals surface area (Å²) in [6, 6.07) is 22.0. The lowest BCUT2D eigenvalue weighted by Gasteiger charge is -2.13. The number of anilines is 1. The van der Waals surface area contributed by atoms with Crippen molar-refractivity contribution in [2.75, 3.05) is 5.32 Å². The molecule has 0 saturated heterocycles. The van der Waals surface area contributed by atoms with Crippen molar-refractivity contribution in [1.29, 1.82) is 0 Å². The summed E-state index contributed by atoms with van der Waals surface area (Å²) in [4.78, 5) is 0. The molecule has 3 aromatic carbocycles. The molecule has 4 rings (SSSR count). The molecular weight excluding hydrogens is 302 g/mol. The van der Waals surface area contributed by atoms with E-state index in [1.165, 1.54) is 44.6 Å². The molecule has 0 unspecified atom stereocenters. The van der Waals surface area contributed by atoms with Crippen molar-refractivity contribution in [3.8, 4) is 11.1 Å². The van der Waals surface area contributed by atoms with E-state index in [0.717, 1.165) is 13.0 Å². The van der Waals surface area contributed by atoms with E-state index in [9.17, 15) is 0 Å². The average molecular weight is 325 g/mol. The highest BCUT2D eigenvalue weighted by Gasteiger charge is 2.07. The number of hydrogen-bond acceptors (Lipinski definition) is 1. The smallest absolute Gasteiger partial charge is 0.0401 e. The summed E-state index contributed by atoms with van der Waals surface area (Å²) in [5.74, 6) is 0. The van der Waals surface area contributed by atoms with Gasteiger partial charge < -0.3 is 5.32 Å². The van der Waals surface area contributed by atoms with Crippen LogP contribution in [0.2, 0.25) is 0 Å². The summed E-state index contributed by atoms with van der Waals surface area (Å²) in [7, 11) is 0. The first kappa shape index (κ1) is 15.7. The molecule has 1 aliphatic carbocycles. The predicted molar refractivity (Wildman–Crippen MR) is 108 cm³/mol. The molecule has 0 amide bonds. The number of hydrogen-bond donors (Lipinski definition) is 1. The van der Waals surface area contributed by atoms with Crippen LogP contribution in [0.15, 0.2) is 66.7 Å². The van der Waals surface area contributed by atoms with Crippen LogP contribution in [0.5, 0.6) is 0 Å². The quantitative estimate of drug-likeness (QED) is 0.606. The number of rotatable bonds is 4. The molecule has 0 radical (unpaired) electrons. The van der Waals surface area contributed by atoms with Crippen LogP contribution in [-0.4, -0.2) is 0 Å². The highest BCUT2D eigenvalue weighted by molar-refractivity contribution is 5.71. The van der Waals surface area contributed by atoms with Gasteiger partial charge in [-0.2, -0.15) is 0 Å². The lowest BCUT2D eigenvalue weighted by atomic mass is 9.95. The molecule has 1 nitrogen and oxygen atoms in total. The van der Waals surface area contributed by atoms with Crippen LogP contribution >= 0.6 is 0 Å². The molecule has 0 heterocycles. The summed E-state index contributed by atoms with van der Waals surface area (Å²) in [6.07, 6.45) is 5.47. The molecule has 0 spiro atoms. The Bertz CT molecular complexity index is 930. The van der Waals surface area contributed by atoms with E-state index in [2.05, 4.69) is 92.0 Å². The number of allylic oxidation sites excluding steroid dienone is 1. The Balaban J connectivity index is 1.54. The zero-order valence-corrected chi connectivity index (χ0v) is 14.8. The third-order valence-corrected chi connectivity index (χ3v) is 4.97. The van der Waals surface area contributed by atoms with Gasteiger partial charge in [-0.05, 0) is 77.4 Å². The van der Waals surface area contributed by atoms with Gasteiger partial charge in [0.25, 0.3) is 0 Å². The number of aryl methyl sites for hydroxylation is 2. The molecule has 0 aromatic heterocycles. The third kappa shape index (κ3) is 3.23. The molecule has 0 atom stereocenters. The van der Waals surface area contributed by atoms with Crippen LogP contribution in [0.3, 0.4) is 0 Å². The fourth-order valence-corrected chi connectivity index (χ4v) is 3.68. The van der Waals surface area contributed by atoms with Crippen LogP contribution in [0.25, 0.3) is 17.2 Å². The average Bonchev–Trinajstić information content (AvgIpc) is 3.08.